The van der Waals surface area contributed by atoms with E-state index in [4.69, 9.17) is 4.74 Å². The molecule has 5 heteroatoms. The zero-order valence-corrected chi connectivity index (χ0v) is 7.87. The molecule has 76 valence electrons. The van der Waals surface area contributed by atoms with Crippen molar-refractivity contribution in [1.29, 1.82) is 0 Å². The van der Waals surface area contributed by atoms with Gasteiger partial charge in [-0.2, -0.15) is 4.91 Å². The van der Waals surface area contributed by atoms with Crippen LogP contribution in [0.25, 0.3) is 0 Å². The molecule has 0 aliphatic carbocycles. The summed E-state index contributed by atoms with van der Waals surface area (Å²) in [7, 11) is 0. The minimum atomic E-state index is 0.265. The van der Waals surface area contributed by atoms with Gasteiger partial charge in [-0.15, -0.1) is 0 Å². The molecule has 13 heavy (non-hydrogen) atoms. The van der Waals surface area contributed by atoms with E-state index in [1.54, 1.807) is 0 Å². The Hall–Kier alpha value is -0.520. The zero-order valence-electron chi connectivity index (χ0n) is 7.87. The fourth-order valence-corrected chi connectivity index (χ4v) is 1.33. The van der Waals surface area contributed by atoms with E-state index in [2.05, 4.69) is 15.4 Å². The van der Waals surface area contributed by atoms with Crippen LogP contribution in [-0.2, 0) is 4.74 Å². The number of hydrogen-bond acceptors (Lipinski definition) is 5. The van der Waals surface area contributed by atoms with Gasteiger partial charge in [0.25, 0.3) is 0 Å². The molecule has 1 heterocycles. The van der Waals surface area contributed by atoms with E-state index in [1.807, 2.05) is 0 Å². The number of rotatable bonds is 6. The van der Waals surface area contributed by atoms with Crippen LogP contribution < -0.4 is 5.32 Å². The van der Waals surface area contributed by atoms with Gasteiger partial charge < -0.3 is 10.1 Å². The van der Waals surface area contributed by atoms with Crippen molar-refractivity contribution < 1.29 is 4.74 Å². The van der Waals surface area contributed by atoms with Gasteiger partial charge in [-0.05, 0) is 0 Å². The van der Waals surface area contributed by atoms with Crippen molar-refractivity contribution in [2.24, 2.45) is 5.18 Å². The van der Waals surface area contributed by atoms with Crippen LogP contribution in [-0.4, -0.2) is 57.4 Å². The molecule has 1 rings (SSSR count). The smallest absolute Gasteiger partial charge is 0.104 e. The van der Waals surface area contributed by atoms with Gasteiger partial charge >= 0.3 is 0 Å². The summed E-state index contributed by atoms with van der Waals surface area (Å²) in [5.41, 5.74) is 0. The maximum Gasteiger partial charge on any atom is 0.104 e. The van der Waals surface area contributed by atoms with Crippen LogP contribution in [0, 0.1) is 4.91 Å². The second-order valence-corrected chi connectivity index (χ2v) is 3.06. The lowest BCUT2D eigenvalue weighted by Crippen LogP contribution is -2.44. The second-order valence-electron chi connectivity index (χ2n) is 3.06. The number of nitroso groups, excluding NO2 is 1. The van der Waals surface area contributed by atoms with Crippen molar-refractivity contribution >= 4 is 0 Å². The first-order valence-corrected chi connectivity index (χ1v) is 4.73. The van der Waals surface area contributed by atoms with Crippen LogP contribution in [0.1, 0.15) is 0 Å². The van der Waals surface area contributed by atoms with Gasteiger partial charge in [-0.1, -0.05) is 5.18 Å². The van der Waals surface area contributed by atoms with E-state index in [0.717, 1.165) is 32.7 Å². The number of nitrogens with zero attached hydrogens (tertiary/aromatic N) is 2. The molecule has 1 saturated heterocycles. The third-order valence-corrected chi connectivity index (χ3v) is 2.09. The molecule has 1 aliphatic heterocycles. The van der Waals surface area contributed by atoms with Crippen LogP contribution in [0.2, 0.25) is 0 Å². The fourth-order valence-electron chi connectivity index (χ4n) is 1.33. The Kier molecular flexibility index (Phi) is 5.64. The summed E-state index contributed by atoms with van der Waals surface area (Å²) in [6.45, 7) is 6.70. The van der Waals surface area contributed by atoms with Crippen LogP contribution >= 0.6 is 0 Å². The van der Waals surface area contributed by atoms with Gasteiger partial charge in [0.2, 0.25) is 0 Å². The normalized spacial score (nSPS) is 18.8. The van der Waals surface area contributed by atoms with Gasteiger partial charge in [0.15, 0.2) is 0 Å². The summed E-state index contributed by atoms with van der Waals surface area (Å²) in [4.78, 5) is 12.1. The Morgan fingerprint density at radius 3 is 2.77 bits per heavy atom. The van der Waals surface area contributed by atoms with Crippen molar-refractivity contribution in [2.75, 3.05) is 52.5 Å². The van der Waals surface area contributed by atoms with E-state index >= 15 is 0 Å². The zero-order chi connectivity index (χ0) is 9.36. The van der Waals surface area contributed by atoms with E-state index in [0.29, 0.717) is 13.2 Å². The minimum absolute atomic E-state index is 0.265. The van der Waals surface area contributed by atoms with Crippen LogP contribution in [0.15, 0.2) is 5.18 Å². The molecule has 0 aromatic heterocycles. The quantitative estimate of drug-likeness (QED) is 0.457. The third-order valence-electron chi connectivity index (χ3n) is 2.09. The lowest BCUT2D eigenvalue weighted by molar-refractivity contribution is 0.104. The van der Waals surface area contributed by atoms with Gasteiger partial charge in [0.1, 0.15) is 6.54 Å². The Morgan fingerprint density at radius 1 is 1.31 bits per heavy atom. The summed E-state index contributed by atoms with van der Waals surface area (Å²) in [6.07, 6.45) is 0. The maximum atomic E-state index is 9.72. The van der Waals surface area contributed by atoms with Crippen molar-refractivity contribution in [3.63, 3.8) is 0 Å². The molecule has 1 N–H and O–H groups in total. The summed E-state index contributed by atoms with van der Waals surface area (Å²) >= 11 is 0. The van der Waals surface area contributed by atoms with Crippen LogP contribution in [0.3, 0.4) is 0 Å². The average Bonchev–Trinajstić information content (AvgIpc) is 2.19. The Labute approximate surface area is 78.4 Å². The average molecular weight is 187 g/mol. The van der Waals surface area contributed by atoms with Gasteiger partial charge in [-0.3, -0.25) is 4.90 Å². The lowest BCUT2D eigenvalue weighted by Gasteiger charge is -2.26. The Bertz CT molecular complexity index is 137. The first-order valence-electron chi connectivity index (χ1n) is 4.73. The lowest BCUT2D eigenvalue weighted by atomic mass is 10.4. The highest BCUT2D eigenvalue weighted by Gasteiger charge is 2.07. The van der Waals surface area contributed by atoms with Crippen molar-refractivity contribution in [3.8, 4) is 0 Å². The molecule has 0 aromatic carbocycles. The third kappa shape index (κ3) is 4.92. The van der Waals surface area contributed by atoms with Crippen molar-refractivity contribution in [3.05, 3.63) is 4.91 Å². The van der Waals surface area contributed by atoms with Gasteiger partial charge in [0.05, 0.1) is 13.2 Å². The number of nitrogens with one attached hydrogen (secondary N) is 1. The minimum Gasteiger partial charge on any atom is -0.378 e. The fraction of sp³-hybridized carbons (Fsp3) is 1.00. The van der Waals surface area contributed by atoms with Gasteiger partial charge in [0, 0.05) is 32.7 Å². The standard InChI is InChI=1S/C8H17N3O2/c12-10-3-7-13-8-6-11-4-1-9-2-5-11/h9H,1-8H2. The Morgan fingerprint density at radius 2 is 2.08 bits per heavy atom. The number of hydrogen-bond donors (Lipinski definition) is 1. The highest BCUT2D eigenvalue weighted by Crippen LogP contribution is 1.91. The predicted molar refractivity (Wildman–Crippen MR) is 50.8 cm³/mol. The molecular weight excluding hydrogens is 170 g/mol. The summed E-state index contributed by atoms with van der Waals surface area (Å²) in [5, 5.41) is 6.01. The molecule has 0 spiro atoms. The monoisotopic (exact) mass is 187 g/mol. The molecule has 0 bridgehead atoms. The van der Waals surface area contributed by atoms with Crippen molar-refractivity contribution in [2.45, 2.75) is 0 Å². The van der Waals surface area contributed by atoms with Crippen LogP contribution in [0.4, 0.5) is 0 Å². The van der Waals surface area contributed by atoms with Gasteiger partial charge in [-0.25, -0.2) is 0 Å². The SMILES string of the molecule is O=NCCOCCN1CCNCC1. The molecule has 0 amide bonds. The summed E-state index contributed by atoms with van der Waals surface area (Å²) in [5.74, 6) is 0. The molecule has 1 fully saturated rings. The van der Waals surface area contributed by atoms with E-state index in [-0.39, 0.29) is 6.54 Å². The molecule has 0 radical (unpaired) electrons. The first kappa shape index (κ1) is 10.6. The largest absolute Gasteiger partial charge is 0.378 e. The Balaban J connectivity index is 1.89. The molecule has 5 nitrogen and oxygen atoms in total. The number of piperazine rings is 1. The predicted octanol–water partition coefficient (Wildman–Crippen LogP) is -0.325. The topological polar surface area (TPSA) is 53.9 Å². The molecule has 0 atom stereocenters. The molecule has 1 aliphatic rings. The molecular formula is C8H17N3O2. The molecule has 0 aromatic rings. The van der Waals surface area contributed by atoms with Crippen molar-refractivity contribution in [1.82, 2.24) is 10.2 Å². The molecule has 0 unspecified atom stereocenters. The first-order chi connectivity index (χ1) is 6.43. The van der Waals surface area contributed by atoms with Crippen LogP contribution in [0.5, 0.6) is 0 Å². The maximum absolute atomic E-state index is 9.72. The van der Waals surface area contributed by atoms with E-state index < -0.39 is 0 Å². The highest BCUT2D eigenvalue weighted by atomic mass is 16.5. The van der Waals surface area contributed by atoms with E-state index in [1.165, 1.54) is 0 Å². The summed E-state index contributed by atoms with van der Waals surface area (Å²) < 4.78 is 5.22. The molecule has 0 saturated carbocycles. The van der Waals surface area contributed by atoms with E-state index in [9.17, 15) is 4.91 Å². The number of ether oxygens (including phenoxy) is 1. The second kappa shape index (κ2) is 6.94. The summed E-state index contributed by atoms with van der Waals surface area (Å²) in [6, 6.07) is 0. The highest BCUT2D eigenvalue weighted by molar-refractivity contribution is 4.66.